The van der Waals surface area contributed by atoms with Gasteiger partial charge in [-0.25, -0.2) is 9.13 Å². The number of unbranched alkanes of at least 4 members (excludes halogenated alkanes) is 34. The fourth-order valence-electron chi connectivity index (χ4n) is 9.71. The van der Waals surface area contributed by atoms with Gasteiger partial charge in [-0.05, 0) is 37.5 Å². The van der Waals surface area contributed by atoms with Gasteiger partial charge in [-0.2, -0.15) is 0 Å². The van der Waals surface area contributed by atoms with Crippen LogP contribution in [0.25, 0.3) is 0 Å². The summed E-state index contributed by atoms with van der Waals surface area (Å²) in [7, 11) is -9.89. The molecule has 2 unspecified atom stereocenters. The lowest BCUT2D eigenvalue weighted by Crippen LogP contribution is -2.30. The molecule has 0 aliphatic carbocycles. The van der Waals surface area contributed by atoms with Crippen molar-refractivity contribution in [2.45, 2.75) is 342 Å². The molecule has 84 heavy (non-hydrogen) atoms. The highest BCUT2D eigenvalue weighted by Crippen LogP contribution is 2.45. The van der Waals surface area contributed by atoms with E-state index in [1.54, 1.807) is 0 Å². The van der Waals surface area contributed by atoms with E-state index in [0.717, 1.165) is 102 Å². The molecule has 5 atom stereocenters. The highest BCUT2D eigenvalue weighted by atomic mass is 31.2. The lowest BCUT2D eigenvalue weighted by Gasteiger charge is -2.21. The fourth-order valence-corrected chi connectivity index (χ4v) is 11.3. The molecule has 0 rings (SSSR count). The van der Waals surface area contributed by atoms with Gasteiger partial charge in [0.05, 0.1) is 26.4 Å². The molecule has 0 aromatic heterocycles. The van der Waals surface area contributed by atoms with Crippen LogP contribution in [0.2, 0.25) is 0 Å². The lowest BCUT2D eigenvalue weighted by atomic mass is 10.0. The molecule has 17 nitrogen and oxygen atoms in total. The molecule has 0 aromatic rings. The SMILES string of the molecule is CCCCCCCCCCCCCCC(=O)OC[C@H](COP(=O)(O)OC[C@@H](O)COP(=O)(O)OC[C@@H](COC(=O)CCCCCCCCCCC)OC(=O)CCCCCCCCCCC(C)C)OC(=O)CCCCCCCCCCCC(C)C. The standard InChI is InChI=1S/C65H126O17P2/c1-7-9-11-13-15-17-18-19-23-30-36-42-48-63(68)76-54-60(81-64(69)49-43-37-31-24-20-22-27-33-39-45-57(3)4)55-79-83(71,72)77-51-59(66)52-78-84(73,74)80-56-61(53-75-62(67)47-41-35-29-21-16-14-12-10-8-2)82-65(70)50-44-38-32-26-25-28-34-40-46-58(5)6/h57-61,66H,7-56H2,1-6H3,(H,71,72)(H,73,74)/t59-,60-,61-/m1/s1. The van der Waals surface area contributed by atoms with Crippen LogP contribution in [-0.4, -0.2) is 96.7 Å². The van der Waals surface area contributed by atoms with E-state index >= 15 is 0 Å². The van der Waals surface area contributed by atoms with Gasteiger partial charge in [-0.15, -0.1) is 0 Å². The zero-order valence-corrected chi connectivity index (χ0v) is 56.0. The van der Waals surface area contributed by atoms with Crippen LogP contribution in [0.4, 0.5) is 0 Å². The number of esters is 4. The Morgan fingerprint density at radius 3 is 0.810 bits per heavy atom. The number of hydrogen-bond donors (Lipinski definition) is 3. The van der Waals surface area contributed by atoms with Gasteiger partial charge in [0.1, 0.15) is 19.3 Å². The number of carbonyl (C=O) groups is 4. The number of carbonyl (C=O) groups excluding carboxylic acids is 4. The second-order valence-corrected chi connectivity index (χ2v) is 27.4. The second kappa shape index (κ2) is 57.5. The average Bonchev–Trinajstić information content (AvgIpc) is 3.48. The van der Waals surface area contributed by atoms with Crippen LogP contribution in [0.1, 0.15) is 324 Å². The van der Waals surface area contributed by atoms with Crippen molar-refractivity contribution < 1.29 is 80.2 Å². The van der Waals surface area contributed by atoms with Crippen LogP contribution in [0.15, 0.2) is 0 Å². The molecule has 0 saturated heterocycles. The second-order valence-electron chi connectivity index (χ2n) is 24.5. The van der Waals surface area contributed by atoms with E-state index in [4.69, 9.17) is 37.0 Å². The monoisotopic (exact) mass is 1240 g/mol. The van der Waals surface area contributed by atoms with Gasteiger partial charge in [0, 0.05) is 25.7 Å². The first-order valence-corrected chi connectivity index (χ1v) is 37.0. The third-order valence-electron chi connectivity index (χ3n) is 15.0. The van der Waals surface area contributed by atoms with Crippen LogP contribution < -0.4 is 0 Å². The molecule has 0 aromatic carbocycles. The third-order valence-corrected chi connectivity index (χ3v) is 16.9. The Kier molecular flexibility index (Phi) is 56.2. The van der Waals surface area contributed by atoms with E-state index in [1.165, 1.54) is 141 Å². The molecule has 0 fully saturated rings. The zero-order chi connectivity index (χ0) is 62.2. The zero-order valence-electron chi connectivity index (χ0n) is 54.2. The summed E-state index contributed by atoms with van der Waals surface area (Å²) in [6.07, 6.45) is 40.3. The van der Waals surface area contributed by atoms with Gasteiger partial charge in [0.15, 0.2) is 12.2 Å². The Balaban J connectivity index is 5.24. The highest BCUT2D eigenvalue weighted by molar-refractivity contribution is 7.47. The van der Waals surface area contributed by atoms with Crippen molar-refractivity contribution in [3.63, 3.8) is 0 Å². The van der Waals surface area contributed by atoms with E-state index < -0.39 is 97.5 Å². The maximum absolute atomic E-state index is 13.0. The smallest absolute Gasteiger partial charge is 0.462 e. The largest absolute Gasteiger partial charge is 0.472 e. The molecule has 0 bridgehead atoms. The van der Waals surface area contributed by atoms with Gasteiger partial charge in [-0.1, -0.05) is 273 Å². The van der Waals surface area contributed by atoms with Crippen LogP contribution in [0.5, 0.6) is 0 Å². The van der Waals surface area contributed by atoms with E-state index in [2.05, 4.69) is 41.5 Å². The van der Waals surface area contributed by atoms with Gasteiger partial charge in [0.2, 0.25) is 0 Å². The van der Waals surface area contributed by atoms with Gasteiger partial charge in [0.25, 0.3) is 0 Å². The molecule has 0 aliphatic rings. The first-order chi connectivity index (χ1) is 40.4. The predicted molar refractivity (Wildman–Crippen MR) is 335 cm³/mol. The van der Waals surface area contributed by atoms with E-state index in [1.807, 2.05) is 0 Å². The molecule has 0 saturated carbocycles. The number of hydrogen-bond acceptors (Lipinski definition) is 15. The normalized spacial score (nSPS) is 14.3. The topological polar surface area (TPSA) is 237 Å². The number of rotatable bonds is 64. The molecule has 0 radical (unpaired) electrons. The average molecular weight is 1240 g/mol. The highest BCUT2D eigenvalue weighted by Gasteiger charge is 2.30. The van der Waals surface area contributed by atoms with E-state index in [9.17, 15) is 43.2 Å². The molecular formula is C65H126O17P2. The Bertz CT molecular complexity index is 1650. The van der Waals surface area contributed by atoms with Crippen molar-refractivity contribution >= 4 is 39.5 Å². The Hall–Kier alpha value is -1.94. The number of ether oxygens (including phenoxy) is 4. The third kappa shape index (κ3) is 59.0. The number of aliphatic hydroxyl groups is 1. The summed E-state index contributed by atoms with van der Waals surface area (Å²) < 4.78 is 68.0. The van der Waals surface area contributed by atoms with Crippen LogP contribution >= 0.6 is 15.6 Å². The summed E-state index contributed by atoms with van der Waals surface area (Å²) in [4.78, 5) is 72.2. The molecule has 498 valence electrons. The van der Waals surface area contributed by atoms with Crippen molar-refractivity contribution in [1.29, 1.82) is 0 Å². The maximum atomic E-state index is 13.0. The van der Waals surface area contributed by atoms with Gasteiger partial charge < -0.3 is 33.8 Å². The molecule has 19 heteroatoms. The van der Waals surface area contributed by atoms with E-state index in [0.29, 0.717) is 25.7 Å². The van der Waals surface area contributed by atoms with Crippen molar-refractivity contribution in [1.82, 2.24) is 0 Å². The molecule has 0 aliphatic heterocycles. The van der Waals surface area contributed by atoms with Gasteiger partial charge >= 0.3 is 39.5 Å². The number of aliphatic hydroxyl groups excluding tert-OH is 1. The minimum Gasteiger partial charge on any atom is -0.462 e. The van der Waals surface area contributed by atoms with Crippen molar-refractivity contribution in [3.05, 3.63) is 0 Å². The van der Waals surface area contributed by atoms with Crippen LogP contribution in [0, 0.1) is 11.8 Å². The lowest BCUT2D eigenvalue weighted by molar-refractivity contribution is -0.161. The first-order valence-electron chi connectivity index (χ1n) is 34.0. The summed E-state index contributed by atoms with van der Waals surface area (Å²) >= 11 is 0. The summed E-state index contributed by atoms with van der Waals surface area (Å²) in [5.41, 5.74) is 0. The minimum absolute atomic E-state index is 0.104. The summed E-state index contributed by atoms with van der Waals surface area (Å²) in [6, 6.07) is 0. The Morgan fingerprint density at radius 2 is 0.548 bits per heavy atom. The quantitative estimate of drug-likeness (QED) is 0.0222. The van der Waals surface area contributed by atoms with Crippen molar-refractivity contribution in [3.8, 4) is 0 Å². The van der Waals surface area contributed by atoms with Crippen molar-refractivity contribution in [2.24, 2.45) is 11.8 Å². The fraction of sp³-hybridized carbons (Fsp3) is 0.938. The number of phosphoric ester groups is 2. The van der Waals surface area contributed by atoms with Gasteiger partial charge in [-0.3, -0.25) is 37.3 Å². The predicted octanol–water partition coefficient (Wildman–Crippen LogP) is 18.0. The maximum Gasteiger partial charge on any atom is 0.472 e. The molecule has 0 heterocycles. The van der Waals surface area contributed by atoms with Crippen LogP contribution in [-0.2, 0) is 65.4 Å². The minimum atomic E-state index is -4.94. The molecule has 0 spiro atoms. The molecular weight excluding hydrogens is 1110 g/mol. The summed E-state index contributed by atoms with van der Waals surface area (Å²) in [6.45, 7) is 9.43. The Labute approximate surface area is 511 Å². The van der Waals surface area contributed by atoms with E-state index in [-0.39, 0.29) is 25.7 Å². The first kappa shape index (κ1) is 82.1. The van der Waals surface area contributed by atoms with Crippen LogP contribution in [0.3, 0.4) is 0 Å². The molecule has 0 amide bonds. The molecule has 3 N–H and O–H groups in total. The van der Waals surface area contributed by atoms with Crippen molar-refractivity contribution in [2.75, 3.05) is 39.6 Å². The summed E-state index contributed by atoms with van der Waals surface area (Å²) in [5, 5.41) is 10.5. The summed E-state index contributed by atoms with van der Waals surface area (Å²) in [5.74, 6) is -0.679. The Morgan fingerprint density at radius 1 is 0.321 bits per heavy atom. The number of phosphoric acid groups is 2.